The Morgan fingerprint density at radius 2 is 1.35 bits per heavy atom. The van der Waals surface area contributed by atoms with Crippen molar-refractivity contribution >= 4 is 33.0 Å². The molecule has 2 aromatic rings. The van der Waals surface area contributed by atoms with Gasteiger partial charge in [0.15, 0.2) is 25.4 Å². The van der Waals surface area contributed by atoms with Gasteiger partial charge in [0, 0.05) is 13.8 Å². The minimum atomic E-state index is -0.672. The van der Waals surface area contributed by atoms with Gasteiger partial charge in [-0.05, 0) is 33.1 Å². The second-order valence-electron chi connectivity index (χ2n) is 12.5. The summed E-state index contributed by atoms with van der Waals surface area (Å²) in [7, 11) is 6.34. The van der Waals surface area contributed by atoms with Crippen molar-refractivity contribution in [2.75, 3.05) is 33.7 Å². The zero-order chi connectivity index (χ0) is 33.7. The summed E-state index contributed by atoms with van der Waals surface area (Å²) < 4.78 is 11.5. The van der Waals surface area contributed by atoms with Gasteiger partial charge in [0.2, 0.25) is 0 Å². The molecule has 0 aliphatic rings. The summed E-state index contributed by atoms with van der Waals surface area (Å²) in [6.45, 7) is 35.4. The van der Waals surface area contributed by atoms with Crippen LogP contribution in [0.15, 0.2) is 37.4 Å². The van der Waals surface area contributed by atoms with Gasteiger partial charge in [0.25, 0.3) is 0 Å². The summed E-state index contributed by atoms with van der Waals surface area (Å²) in [5, 5.41) is 0. The van der Waals surface area contributed by atoms with Crippen LogP contribution in [0.2, 0.25) is 51.6 Å². The number of aromatic nitrogens is 4. The second kappa shape index (κ2) is 22.5. The summed E-state index contributed by atoms with van der Waals surface area (Å²) >= 11 is 0. The molecule has 0 spiro atoms. The van der Waals surface area contributed by atoms with Gasteiger partial charge >= 0.3 is 6.28 Å². The quantitative estimate of drug-likeness (QED) is 0.0832. The lowest BCUT2D eigenvalue weighted by molar-refractivity contribution is -0.547. The van der Waals surface area contributed by atoms with Gasteiger partial charge in [-0.2, -0.15) is 0 Å². The zero-order valence-electron chi connectivity index (χ0n) is 31.7. The van der Waals surface area contributed by atoms with Crippen molar-refractivity contribution in [1.82, 2.24) is 13.9 Å². The van der Waals surface area contributed by atoms with Crippen molar-refractivity contribution in [3.8, 4) is 0 Å². The number of hydrogen-bond donors (Lipinski definition) is 0. The summed E-state index contributed by atoms with van der Waals surface area (Å²) in [5.41, 5.74) is 0. The van der Waals surface area contributed by atoms with Crippen molar-refractivity contribution in [3.63, 3.8) is 0 Å². The van der Waals surface area contributed by atoms with E-state index in [0.29, 0.717) is 0 Å². The molecule has 10 heteroatoms. The second-order valence-corrected chi connectivity index (χ2v) is 12.5. The fourth-order valence-electron chi connectivity index (χ4n) is 6.12. The lowest BCUT2D eigenvalue weighted by atomic mass is 9.29. The van der Waals surface area contributed by atoms with Gasteiger partial charge in [-0.1, -0.05) is 69.7 Å². The van der Waals surface area contributed by atoms with Crippen molar-refractivity contribution in [2.24, 2.45) is 0 Å². The monoisotopic (exact) mass is 598 g/mol. The largest absolute Gasteiger partial charge is 0.548 e. The topological polar surface area (TPSA) is 23.9 Å². The van der Waals surface area contributed by atoms with Gasteiger partial charge in [-0.3, -0.25) is 0 Å². The molecule has 0 saturated carbocycles. The van der Waals surface area contributed by atoms with E-state index in [0.717, 1.165) is 19.6 Å². The van der Waals surface area contributed by atoms with E-state index in [1.165, 1.54) is 37.9 Å². The van der Waals surface area contributed by atoms with Crippen molar-refractivity contribution in [1.29, 1.82) is 0 Å². The molecule has 0 atom stereocenters. The predicted octanol–water partition coefficient (Wildman–Crippen LogP) is 7.03. The first kappa shape index (κ1) is 43.2. The summed E-state index contributed by atoms with van der Waals surface area (Å²) in [6, 6.07) is 0. The first-order valence-electron chi connectivity index (χ1n) is 17.9. The molecule has 43 heavy (non-hydrogen) atoms. The summed E-state index contributed by atoms with van der Waals surface area (Å²) in [6.07, 6.45) is 23.8. The van der Waals surface area contributed by atoms with Crippen LogP contribution < -0.4 is 8.96 Å². The van der Waals surface area contributed by atoms with Crippen LogP contribution in [-0.2, 0) is 0 Å². The molecule has 0 saturated heterocycles. The maximum Gasteiger partial charge on any atom is 0.548 e. The molecule has 0 amide bonds. The third-order valence-corrected chi connectivity index (χ3v) is 10.6. The zero-order valence-corrected chi connectivity index (χ0v) is 31.7. The number of hydrogen-bond acceptors (Lipinski definition) is 1. The fraction of sp³-hybridized carbons (Fsp3) is 0.727. The molecule has 0 aliphatic carbocycles. The number of likely N-dealkylation sites (N-methyl/N-ethyl adjacent to an activating group) is 2. The Kier molecular flexibility index (Phi) is 22.6. The molecular formula is C33H73B4N6+. The molecule has 2 aromatic heterocycles. The van der Waals surface area contributed by atoms with Gasteiger partial charge in [-0.15, -0.1) is 37.9 Å². The Hall–Kier alpha value is -1.95. The molecule has 2 rings (SSSR count). The summed E-state index contributed by atoms with van der Waals surface area (Å²) in [5.74, 6) is 0. The lowest BCUT2D eigenvalue weighted by Crippen LogP contribution is -2.62. The first-order chi connectivity index (χ1) is 20.5. The number of nitrogens with zero attached hydrogens (tertiary/aromatic N) is 6. The van der Waals surface area contributed by atoms with Crippen LogP contribution in [0.3, 0.4) is 0 Å². The maximum atomic E-state index is 3.91. The van der Waals surface area contributed by atoms with E-state index in [2.05, 4.69) is 156 Å². The Morgan fingerprint density at radius 3 is 1.74 bits per heavy atom. The molecule has 0 aliphatic heterocycles. The van der Waals surface area contributed by atoms with Crippen LogP contribution in [0.25, 0.3) is 0 Å². The molecule has 0 aromatic carbocycles. The third-order valence-electron chi connectivity index (χ3n) is 10.6. The number of rotatable bonds is 17. The van der Waals surface area contributed by atoms with E-state index in [1.54, 1.807) is 0 Å². The van der Waals surface area contributed by atoms with Crippen molar-refractivity contribution in [2.45, 2.75) is 128 Å². The Bertz CT molecular complexity index is 954. The minimum Gasteiger partial charge on any atom is -0.500 e. The molecule has 0 fully saturated rings. The van der Waals surface area contributed by atoms with Gasteiger partial charge in [0.05, 0.1) is 31.3 Å². The van der Waals surface area contributed by atoms with Crippen LogP contribution in [0.5, 0.6) is 0 Å². The van der Waals surface area contributed by atoms with E-state index < -0.39 is 18.8 Å². The highest BCUT2D eigenvalue weighted by Crippen LogP contribution is 2.23. The van der Waals surface area contributed by atoms with E-state index in [9.17, 15) is 0 Å². The standard InChI is InChI=1S/C15H32B2N4.C14H29B2N2.2C2H6/c1-7-17(8-2,21-14-13-20(15-21)16-3)9-10-19(6)12-11-18(4)5;1-7-15(6,8-2)17-12-13-18(14-17)16(9-3,10-4)11-5;2*1-2/h13-15H,4,7-12H2,1-3,5-6H3;7-8,12-14H,9-11H2,1-6H3;2*1-2H3/q;+1;;. The number of imidazole rings is 2. The van der Waals surface area contributed by atoms with E-state index in [4.69, 9.17) is 0 Å². The van der Waals surface area contributed by atoms with Crippen LogP contribution in [0.4, 0.5) is 0 Å². The van der Waals surface area contributed by atoms with E-state index in [1.807, 2.05) is 39.3 Å². The van der Waals surface area contributed by atoms with Gasteiger partial charge < -0.3 is 22.8 Å². The van der Waals surface area contributed by atoms with Crippen LogP contribution in [0.1, 0.15) is 76.2 Å². The van der Waals surface area contributed by atoms with Gasteiger partial charge in [-0.25, -0.2) is 11.4 Å². The predicted molar refractivity (Wildman–Crippen MR) is 201 cm³/mol. The first-order valence-corrected chi connectivity index (χ1v) is 17.9. The maximum absolute atomic E-state index is 3.91. The summed E-state index contributed by atoms with van der Waals surface area (Å²) in [4.78, 5) is 2.42. The molecule has 2 heterocycles. The normalized spacial score (nSPS) is 11.4. The van der Waals surface area contributed by atoms with Gasteiger partial charge in [0.1, 0.15) is 20.1 Å². The highest BCUT2D eigenvalue weighted by molar-refractivity contribution is 6.83. The van der Waals surface area contributed by atoms with E-state index in [-0.39, 0.29) is 0 Å². The highest BCUT2D eigenvalue weighted by atomic mass is 15.1. The molecule has 246 valence electrons. The van der Waals surface area contributed by atoms with Crippen molar-refractivity contribution in [3.05, 3.63) is 50.1 Å². The average Bonchev–Trinajstić information content (AvgIpc) is 3.76. The van der Waals surface area contributed by atoms with Crippen molar-refractivity contribution < 1.29 is 13.5 Å². The van der Waals surface area contributed by atoms with Crippen LogP contribution in [0, 0.1) is 12.6 Å². The van der Waals surface area contributed by atoms with Crippen LogP contribution in [-0.4, -0.2) is 85.1 Å². The smallest absolute Gasteiger partial charge is 0.500 e. The molecular weight excluding hydrogens is 524 g/mol. The molecule has 0 bridgehead atoms. The molecule has 6 nitrogen and oxygen atoms in total. The Morgan fingerprint density at radius 1 is 0.837 bits per heavy atom. The minimum absolute atomic E-state index is 0.430. The Labute approximate surface area is 271 Å². The van der Waals surface area contributed by atoms with E-state index >= 15 is 0 Å². The molecule has 0 N–H and O–H groups in total. The molecule has 2 radical (unpaired) electrons. The fourth-order valence-corrected chi connectivity index (χ4v) is 6.12. The third kappa shape index (κ3) is 12.5. The Balaban J connectivity index is 0. The highest BCUT2D eigenvalue weighted by Gasteiger charge is 2.44. The average molecular weight is 597 g/mol. The van der Waals surface area contributed by atoms with Crippen LogP contribution >= 0.6 is 0 Å². The lowest BCUT2D eigenvalue weighted by Gasteiger charge is -2.36. The molecule has 0 unspecified atom stereocenters. The SMILES string of the molecule is C=[N+](C)CCN(C)CC[B-](CC)(CC)n1cc[n+]([B-]C)c1.CC.CC.C[CH+][B-](C)([CH+]C)n1cc[n+]([B-](CC)(CC)CC)c1.